The Balaban J connectivity index is 3.26. The summed E-state index contributed by atoms with van der Waals surface area (Å²) in [6.07, 6.45) is 6.45. The van der Waals surface area contributed by atoms with Gasteiger partial charge in [-0.25, -0.2) is 0 Å². The molecule has 0 aliphatic heterocycles. The third-order valence-electron chi connectivity index (χ3n) is 3.30. The summed E-state index contributed by atoms with van der Waals surface area (Å²) in [7, 11) is 1.72. The van der Waals surface area contributed by atoms with E-state index in [0.29, 0.717) is 0 Å². The molecule has 1 nitrogen and oxygen atoms in total. The van der Waals surface area contributed by atoms with Crippen molar-refractivity contribution in [1.82, 2.24) is 0 Å². The van der Waals surface area contributed by atoms with E-state index >= 15 is 0 Å². The molecule has 0 aliphatic carbocycles. The van der Waals surface area contributed by atoms with Crippen LogP contribution in [0.1, 0.15) is 36.1 Å². The maximum absolute atomic E-state index is 5.37. The van der Waals surface area contributed by atoms with Gasteiger partial charge in [-0.3, -0.25) is 0 Å². The standard InChI is InChI=1S/C16H22O/c1-7-11(2)8-9-15-12(3)10-16(17-6)14(5)13(15)4/h7-10H,1-6H3. The van der Waals surface area contributed by atoms with Crippen LogP contribution in [0.3, 0.4) is 0 Å². The van der Waals surface area contributed by atoms with Gasteiger partial charge in [0, 0.05) is 0 Å². The molecule has 1 aromatic rings. The van der Waals surface area contributed by atoms with E-state index in [1.165, 1.54) is 27.8 Å². The Bertz CT molecular complexity index is 465. The van der Waals surface area contributed by atoms with E-state index in [2.05, 4.69) is 58.9 Å². The maximum Gasteiger partial charge on any atom is 0.122 e. The highest BCUT2D eigenvalue weighted by Crippen LogP contribution is 2.28. The van der Waals surface area contributed by atoms with Crippen LogP contribution in [0.2, 0.25) is 0 Å². The topological polar surface area (TPSA) is 9.23 Å². The number of hydrogen-bond acceptors (Lipinski definition) is 1. The molecule has 0 bridgehead atoms. The highest BCUT2D eigenvalue weighted by molar-refractivity contribution is 5.64. The van der Waals surface area contributed by atoms with Crippen molar-refractivity contribution in [1.29, 1.82) is 0 Å². The zero-order valence-electron chi connectivity index (χ0n) is 11.7. The summed E-state index contributed by atoms with van der Waals surface area (Å²) in [4.78, 5) is 0. The Hall–Kier alpha value is -1.50. The summed E-state index contributed by atoms with van der Waals surface area (Å²) < 4.78 is 5.37. The predicted octanol–water partition coefficient (Wildman–Crippen LogP) is 4.60. The molecule has 17 heavy (non-hydrogen) atoms. The average Bonchev–Trinajstić information content (AvgIpc) is 2.33. The fourth-order valence-electron chi connectivity index (χ4n) is 1.84. The van der Waals surface area contributed by atoms with Gasteiger partial charge in [0.25, 0.3) is 0 Å². The lowest BCUT2D eigenvalue weighted by Gasteiger charge is -2.13. The van der Waals surface area contributed by atoms with Gasteiger partial charge in [-0.15, -0.1) is 0 Å². The number of aryl methyl sites for hydroxylation is 1. The second-order valence-corrected chi connectivity index (χ2v) is 4.43. The monoisotopic (exact) mass is 230 g/mol. The van der Waals surface area contributed by atoms with Crippen molar-refractivity contribution in [3.63, 3.8) is 0 Å². The molecule has 0 fully saturated rings. The van der Waals surface area contributed by atoms with E-state index in [1.807, 2.05) is 0 Å². The van der Waals surface area contributed by atoms with Crippen LogP contribution in [0.25, 0.3) is 6.08 Å². The molecule has 92 valence electrons. The van der Waals surface area contributed by atoms with Crippen LogP contribution < -0.4 is 4.74 Å². The third kappa shape index (κ3) is 3.00. The molecule has 0 atom stereocenters. The Labute approximate surface area is 105 Å². The molecular weight excluding hydrogens is 208 g/mol. The Kier molecular flexibility index (Phi) is 4.56. The lowest BCUT2D eigenvalue weighted by molar-refractivity contribution is 0.411. The van der Waals surface area contributed by atoms with Crippen molar-refractivity contribution in [2.45, 2.75) is 34.6 Å². The Morgan fingerprint density at radius 3 is 2.35 bits per heavy atom. The first kappa shape index (κ1) is 13.6. The molecule has 0 aliphatic rings. The molecule has 0 unspecified atom stereocenters. The van der Waals surface area contributed by atoms with Crippen LogP contribution in [0.15, 0.2) is 23.8 Å². The smallest absolute Gasteiger partial charge is 0.122 e. The number of hydrogen-bond donors (Lipinski definition) is 0. The van der Waals surface area contributed by atoms with Gasteiger partial charge in [0.05, 0.1) is 7.11 Å². The van der Waals surface area contributed by atoms with E-state index in [0.717, 1.165) is 5.75 Å². The van der Waals surface area contributed by atoms with E-state index in [4.69, 9.17) is 4.74 Å². The van der Waals surface area contributed by atoms with Crippen molar-refractivity contribution in [2.75, 3.05) is 7.11 Å². The Morgan fingerprint density at radius 1 is 1.18 bits per heavy atom. The molecule has 0 saturated carbocycles. The summed E-state index contributed by atoms with van der Waals surface area (Å²) in [6.45, 7) is 10.5. The fourth-order valence-corrected chi connectivity index (χ4v) is 1.84. The van der Waals surface area contributed by atoms with E-state index in [-0.39, 0.29) is 0 Å². The molecule has 0 amide bonds. The molecule has 0 heterocycles. The Morgan fingerprint density at radius 2 is 1.82 bits per heavy atom. The van der Waals surface area contributed by atoms with E-state index in [1.54, 1.807) is 7.11 Å². The van der Waals surface area contributed by atoms with Crippen LogP contribution in [0.4, 0.5) is 0 Å². The van der Waals surface area contributed by atoms with Crippen LogP contribution >= 0.6 is 0 Å². The van der Waals surface area contributed by atoms with Gasteiger partial charge in [0.15, 0.2) is 0 Å². The normalized spacial score (nSPS) is 12.2. The van der Waals surface area contributed by atoms with Crippen molar-refractivity contribution in [2.24, 2.45) is 0 Å². The molecule has 0 N–H and O–H groups in total. The van der Waals surface area contributed by atoms with E-state index in [9.17, 15) is 0 Å². The molecule has 0 radical (unpaired) electrons. The zero-order chi connectivity index (χ0) is 13.0. The summed E-state index contributed by atoms with van der Waals surface area (Å²) in [5.74, 6) is 0.972. The number of benzene rings is 1. The second-order valence-electron chi connectivity index (χ2n) is 4.43. The van der Waals surface area contributed by atoms with Crippen molar-refractivity contribution >= 4 is 6.08 Å². The first-order valence-corrected chi connectivity index (χ1v) is 5.97. The van der Waals surface area contributed by atoms with Crippen molar-refractivity contribution in [3.8, 4) is 5.75 Å². The molecular formula is C16H22O. The van der Waals surface area contributed by atoms with Crippen LogP contribution in [-0.4, -0.2) is 7.11 Å². The molecule has 0 aromatic heterocycles. The first-order chi connectivity index (χ1) is 8.01. The van der Waals surface area contributed by atoms with Crippen LogP contribution in [0, 0.1) is 20.8 Å². The molecule has 0 spiro atoms. The number of allylic oxidation sites excluding steroid dienone is 3. The minimum atomic E-state index is 0.972. The predicted molar refractivity (Wildman–Crippen MR) is 75.7 cm³/mol. The van der Waals surface area contributed by atoms with Gasteiger partial charge in [-0.2, -0.15) is 0 Å². The highest BCUT2D eigenvalue weighted by Gasteiger charge is 2.08. The average molecular weight is 230 g/mol. The van der Waals surface area contributed by atoms with Gasteiger partial charge in [0.2, 0.25) is 0 Å². The molecule has 0 saturated heterocycles. The second kappa shape index (κ2) is 5.72. The zero-order valence-corrected chi connectivity index (χ0v) is 11.7. The molecule has 1 aromatic carbocycles. The summed E-state index contributed by atoms with van der Waals surface area (Å²) >= 11 is 0. The van der Waals surface area contributed by atoms with Crippen molar-refractivity contribution in [3.05, 3.63) is 46.0 Å². The maximum atomic E-state index is 5.37. The van der Waals surface area contributed by atoms with Crippen LogP contribution in [-0.2, 0) is 0 Å². The van der Waals surface area contributed by atoms with E-state index < -0.39 is 0 Å². The van der Waals surface area contributed by atoms with Gasteiger partial charge in [-0.05, 0) is 62.9 Å². The quantitative estimate of drug-likeness (QED) is 0.689. The fraction of sp³-hybridized carbons (Fsp3) is 0.375. The summed E-state index contributed by atoms with van der Waals surface area (Å²) in [5, 5.41) is 0. The summed E-state index contributed by atoms with van der Waals surface area (Å²) in [6, 6.07) is 2.10. The minimum Gasteiger partial charge on any atom is -0.496 e. The van der Waals surface area contributed by atoms with Crippen LogP contribution in [0.5, 0.6) is 5.75 Å². The van der Waals surface area contributed by atoms with Gasteiger partial charge in [0.1, 0.15) is 5.75 Å². The lowest BCUT2D eigenvalue weighted by Crippen LogP contribution is -1.95. The minimum absolute atomic E-state index is 0.972. The SMILES string of the molecule is CC=C(C)C=Cc1c(C)cc(OC)c(C)c1C. The highest BCUT2D eigenvalue weighted by atomic mass is 16.5. The number of methoxy groups -OCH3 is 1. The van der Waals surface area contributed by atoms with Gasteiger partial charge in [-0.1, -0.05) is 23.8 Å². The number of rotatable bonds is 3. The van der Waals surface area contributed by atoms with Gasteiger partial charge >= 0.3 is 0 Å². The van der Waals surface area contributed by atoms with Gasteiger partial charge < -0.3 is 4.74 Å². The molecule has 1 rings (SSSR count). The molecule has 1 heteroatoms. The summed E-state index contributed by atoms with van der Waals surface area (Å²) in [5.41, 5.74) is 6.34. The van der Waals surface area contributed by atoms with Crippen molar-refractivity contribution < 1.29 is 4.74 Å². The lowest BCUT2D eigenvalue weighted by atomic mass is 9.96. The third-order valence-corrected chi connectivity index (χ3v) is 3.30. The largest absolute Gasteiger partial charge is 0.496 e. The number of ether oxygens (including phenoxy) is 1. The first-order valence-electron chi connectivity index (χ1n) is 5.97.